The lowest BCUT2D eigenvalue weighted by Crippen LogP contribution is -2.16. The molecule has 0 fully saturated rings. The second-order valence-corrected chi connectivity index (χ2v) is 14.0. The number of hydrogen-bond donors (Lipinski definition) is 0. The predicted octanol–water partition coefficient (Wildman–Crippen LogP) is 13.6. The highest BCUT2D eigenvalue weighted by molar-refractivity contribution is 6.23. The zero-order valence-corrected chi connectivity index (χ0v) is 27.7. The fraction of sp³-hybridized carbons (Fsp3) is 0.0612. The van der Waals surface area contributed by atoms with Crippen molar-refractivity contribution in [2.24, 2.45) is 0 Å². The first-order valence-electron chi connectivity index (χ1n) is 17.3. The molecule has 0 heteroatoms. The Morgan fingerprint density at radius 2 is 0.816 bits per heavy atom. The fourth-order valence-electron chi connectivity index (χ4n) is 8.91. The Bertz CT molecular complexity index is 2730. The molecule has 9 aromatic carbocycles. The topological polar surface area (TPSA) is 0 Å². The van der Waals surface area contributed by atoms with Crippen LogP contribution in [0.25, 0.3) is 87.6 Å². The maximum atomic E-state index is 2.43. The monoisotopic (exact) mass is 622 g/mol. The Labute approximate surface area is 286 Å². The number of fused-ring (bicyclic) bond motifs is 8. The molecule has 1 aliphatic carbocycles. The van der Waals surface area contributed by atoms with Gasteiger partial charge in [-0.3, -0.25) is 0 Å². The van der Waals surface area contributed by atoms with E-state index in [9.17, 15) is 0 Å². The van der Waals surface area contributed by atoms with Gasteiger partial charge in [-0.05, 0) is 105 Å². The third kappa shape index (κ3) is 4.04. The van der Waals surface area contributed by atoms with Crippen molar-refractivity contribution in [1.82, 2.24) is 0 Å². The molecular formula is C49H34. The number of benzene rings is 9. The smallest absolute Gasteiger partial charge is 0.0165 e. The van der Waals surface area contributed by atoms with Crippen LogP contribution < -0.4 is 0 Å². The molecule has 0 aliphatic heterocycles. The molecule has 10 rings (SSSR count). The van der Waals surface area contributed by atoms with Crippen LogP contribution in [0.2, 0.25) is 0 Å². The van der Waals surface area contributed by atoms with Crippen LogP contribution in [0.4, 0.5) is 0 Å². The van der Waals surface area contributed by atoms with Crippen LogP contribution in [-0.4, -0.2) is 0 Å². The predicted molar refractivity (Wildman–Crippen MR) is 210 cm³/mol. The molecule has 0 aromatic heterocycles. The lowest BCUT2D eigenvalue weighted by molar-refractivity contribution is 0.662. The minimum absolute atomic E-state index is 0.124. The first-order valence-corrected chi connectivity index (χ1v) is 17.3. The molecule has 0 nitrogen and oxygen atoms in total. The van der Waals surface area contributed by atoms with Gasteiger partial charge >= 0.3 is 0 Å². The van der Waals surface area contributed by atoms with Gasteiger partial charge in [0.2, 0.25) is 0 Å². The van der Waals surface area contributed by atoms with E-state index in [4.69, 9.17) is 0 Å². The third-order valence-corrected chi connectivity index (χ3v) is 11.0. The molecule has 0 radical (unpaired) electrons. The standard InChI is InChI=1S/C49H34/c1-49(2)44-29-28-32-15-4-6-20-36(32)47(44)43-27-13-25-37(48(43)49)33-17-11-18-34(30-33)45-39-21-7-9-23-41(39)46(42-24-10-8-22-40(42)45)38-26-12-16-31-14-3-5-19-35(31)38/h3-30H,1-2H3. The first kappa shape index (κ1) is 28.1. The Kier molecular flexibility index (Phi) is 6.02. The fourth-order valence-corrected chi connectivity index (χ4v) is 8.91. The van der Waals surface area contributed by atoms with Gasteiger partial charge in [0, 0.05) is 5.41 Å². The van der Waals surface area contributed by atoms with E-state index in [2.05, 4.69) is 184 Å². The van der Waals surface area contributed by atoms with Gasteiger partial charge in [0.15, 0.2) is 0 Å². The largest absolute Gasteiger partial charge is 0.0616 e. The second-order valence-electron chi connectivity index (χ2n) is 14.0. The van der Waals surface area contributed by atoms with Gasteiger partial charge in [0.1, 0.15) is 0 Å². The van der Waals surface area contributed by atoms with E-state index in [0.29, 0.717) is 0 Å². The minimum Gasteiger partial charge on any atom is -0.0616 e. The van der Waals surface area contributed by atoms with E-state index in [1.807, 2.05) is 0 Å². The van der Waals surface area contributed by atoms with E-state index < -0.39 is 0 Å². The molecule has 0 unspecified atom stereocenters. The molecule has 0 amide bonds. The molecule has 9 aromatic rings. The van der Waals surface area contributed by atoms with Crippen molar-refractivity contribution in [3.63, 3.8) is 0 Å². The third-order valence-electron chi connectivity index (χ3n) is 11.0. The lowest BCUT2D eigenvalue weighted by Gasteiger charge is -2.25. The van der Waals surface area contributed by atoms with Crippen molar-refractivity contribution in [2.75, 3.05) is 0 Å². The Morgan fingerprint density at radius 1 is 0.327 bits per heavy atom. The number of hydrogen-bond acceptors (Lipinski definition) is 0. The van der Waals surface area contributed by atoms with Crippen LogP contribution in [0.5, 0.6) is 0 Å². The van der Waals surface area contributed by atoms with Gasteiger partial charge in [0.25, 0.3) is 0 Å². The molecule has 49 heavy (non-hydrogen) atoms. The lowest BCUT2D eigenvalue weighted by atomic mass is 9.78. The normalized spacial score (nSPS) is 13.3. The molecule has 0 spiro atoms. The summed E-state index contributed by atoms with van der Waals surface area (Å²) in [6, 6.07) is 63.1. The summed E-state index contributed by atoms with van der Waals surface area (Å²) in [5, 5.41) is 10.3. The van der Waals surface area contributed by atoms with Crippen LogP contribution in [0.3, 0.4) is 0 Å². The average molecular weight is 623 g/mol. The van der Waals surface area contributed by atoms with Crippen molar-refractivity contribution in [3.8, 4) is 44.5 Å². The summed E-state index contributed by atoms with van der Waals surface area (Å²) >= 11 is 0. The van der Waals surface area contributed by atoms with Gasteiger partial charge in [0.05, 0.1) is 0 Å². The Morgan fingerprint density at radius 3 is 1.53 bits per heavy atom. The van der Waals surface area contributed by atoms with Gasteiger partial charge in [-0.1, -0.05) is 178 Å². The van der Waals surface area contributed by atoms with E-state index in [0.717, 1.165) is 0 Å². The quantitative estimate of drug-likeness (QED) is 0.172. The SMILES string of the molecule is CC1(C)c2ccc3ccccc3c2-c2cccc(-c3cccc(-c4c5ccccc5c(-c5cccc6ccccc56)c5ccccc45)c3)c21. The molecular weight excluding hydrogens is 589 g/mol. The molecule has 1 aliphatic rings. The molecule has 0 saturated heterocycles. The van der Waals surface area contributed by atoms with E-state index >= 15 is 0 Å². The zero-order valence-electron chi connectivity index (χ0n) is 27.7. The van der Waals surface area contributed by atoms with Gasteiger partial charge < -0.3 is 0 Å². The highest BCUT2D eigenvalue weighted by atomic mass is 14.4. The highest BCUT2D eigenvalue weighted by Crippen LogP contribution is 2.54. The van der Waals surface area contributed by atoms with E-state index in [-0.39, 0.29) is 5.41 Å². The molecule has 0 N–H and O–H groups in total. The highest BCUT2D eigenvalue weighted by Gasteiger charge is 2.38. The molecule has 0 saturated carbocycles. The maximum Gasteiger partial charge on any atom is 0.0165 e. The van der Waals surface area contributed by atoms with Crippen LogP contribution in [-0.2, 0) is 5.41 Å². The van der Waals surface area contributed by atoms with Gasteiger partial charge in [-0.2, -0.15) is 0 Å². The summed E-state index contributed by atoms with van der Waals surface area (Å²) < 4.78 is 0. The Balaban J connectivity index is 1.22. The van der Waals surface area contributed by atoms with Crippen molar-refractivity contribution in [2.45, 2.75) is 19.3 Å². The van der Waals surface area contributed by atoms with Crippen LogP contribution in [0, 0.1) is 0 Å². The van der Waals surface area contributed by atoms with Crippen molar-refractivity contribution in [1.29, 1.82) is 0 Å². The Hall–Kier alpha value is -5.98. The maximum absolute atomic E-state index is 2.43. The van der Waals surface area contributed by atoms with E-state index in [1.54, 1.807) is 0 Å². The second kappa shape index (κ2) is 10.5. The van der Waals surface area contributed by atoms with Crippen LogP contribution in [0.15, 0.2) is 170 Å². The van der Waals surface area contributed by atoms with Crippen molar-refractivity contribution < 1.29 is 0 Å². The number of rotatable bonds is 3. The van der Waals surface area contributed by atoms with Crippen molar-refractivity contribution >= 4 is 43.1 Å². The molecule has 0 bridgehead atoms. The van der Waals surface area contributed by atoms with Gasteiger partial charge in [-0.25, -0.2) is 0 Å². The summed E-state index contributed by atoms with van der Waals surface area (Å²) in [5.74, 6) is 0. The molecule has 230 valence electrons. The minimum atomic E-state index is -0.124. The summed E-state index contributed by atoms with van der Waals surface area (Å²) in [6.45, 7) is 4.79. The zero-order chi connectivity index (χ0) is 32.7. The average Bonchev–Trinajstić information content (AvgIpc) is 3.40. The molecule has 0 atom stereocenters. The molecule has 0 heterocycles. The van der Waals surface area contributed by atoms with Crippen LogP contribution in [0.1, 0.15) is 25.0 Å². The summed E-state index contributed by atoms with van der Waals surface area (Å²) in [6.07, 6.45) is 0. The summed E-state index contributed by atoms with van der Waals surface area (Å²) in [4.78, 5) is 0. The van der Waals surface area contributed by atoms with Crippen molar-refractivity contribution in [3.05, 3.63) is 181 Å². The van der Waals surface area contributed by atoms with E-state index in [1.165, 1.54) is 98.7 Å². The van der Waals surface area contributed by atoms with Crippen LogP contribution >= 0.6 is 0 Å². The first-order chi connectivity index (χ1) is 24.1. The summed E-state index contributed by atoms with van der Waals surface area (Å²) in [5.41, 5.74) is 13.1. The van der Waals surface area contributed by atoms with Gasteiger partial charge in [-0.15, -0.1) is 0 Å². The summed E-state index contributed by atoms with van der Waals surface area (Å²) in [7, 11) is 0.